The molecule has 0 saturated heterocycles. The summed E-state index contributed by atoms with van der Waals surface area (Å²) in [6.45, 7) is 3.75. The lowest BCUT2D eigenvalue weighted by molar-refractivity contribution is 0.627. The van der Waals surface area contributed by atoms with Gasteiger partial charge in [0.25, 0.3) is 0 Å². The predicted octanol–water partition coefficient (Wildman–Crippen LogP) is 4.90. The molecule has 0 aliphatic rings. The number of rotatable bonds is 2. The van der Waals surface area contributed by atoms with Crippen molar-refractivity contribution in [1.29, 1.82) is 0 Å². The second-order valence-electron chi connectivity index (χ2n) is 4.50. The Labute approximate surface area is 128 Å². The van der Waals surface area contributed by atoms with Crippen molar-refractivity contribution < 1.29 is 4.39 Å². The van der Waals surface area contributed by atoms with E-state index >= 15 is 0 Å². The molecule has 104 valence electrons. The minimum Gasteiger partial charge on any atom is -0.332 e. The standard InChI is InChI=1S/C15H14ClFN2S/c1-9-3-5-12(8-13(9)16)18-15(20)19-14-6-4-11(17)7-10(14)2/h3-8H,1-2H3,(H2,18,19,20). The van der Waals surface area contributed by atoms with Crippen LogP contribution >= 0.6 is 23.8 Å². The van der Waals surface area contributed by atoms with E-state index in [1.54, 1.807) is 6.07 Å². The van der Waals surface area contributed by atoms with Gasteiger partial charge in [-0.3, -0.25) is 0 Å². The fourth-order valence-corrected chi connectivity index (χ4v) is 2.13. The van der Waals surface area contributed by atoms with Crippen LogP contribution in [0.5, 0.6) is 0 Å². The fraction of sp³-hybridized carbons (Fsp3) is 0.133. The van der Waals surface area contributed by atoms with Crippen LogP contribution in [0.15, 0.2) is 36.4 Å². The van der Waals surface area contributed by atoms with E-state index in [0.717, 1.165) is 22.5 Å². The summed E-state index contributed by atoms with van der Waals surface area (Å²) < 4.78 is 13.0. The van der Waals surface area contributed by atoms with Crippen LogP contribution < -0.4 is 10.6 Å². The van der Waals surface area contributed by atoms with Crippen LogP contribution in [0.2, 0.25) is 5.02 Å². The number of benzene rings is 2. The van der Waals surface area contributed by atoms with Crippen molar-refractivity contribution in [1.82, 2.24) is 0 Å². The second-order valence-corrected chi connectivity index (χ2v) is 5.32. The molecule has 2 aromatic carbocycles. The summed E-state index contributed by atoms with van der Waals surface area (Å²) in [4.78, 5) is 0. The molecule has 0 unspecified atom stereocenters. The maximum atomic E-state index is 13.0. The summed E-state index contributed by atoms with van der Waals surface area (Å²) in [6.07, 6.45) is 0. The highest BCUT2D eigenvalue weighted by Gasteiger charge is 2.04. The van der Waals surface area contributed by atoms with Gasteiger partial charge in [-0.1, -0.05) is 17.7 Å². The summed E-state index contributed by atoms with van der Waals surface area (Å²) in [5, 5.41) is 7.18. The van der Waals surface area contributed by atoms with Gasteiger partial charge in [-0.2, -0.15) is 0 Å². The van der Waals surface area contributed by atoms with Gasteiger partial charge in [0.15, 0.2) is 5.11 Å². The molecule has 0 atom stereocenters. The summed E-state index contributed by atoms with van der Waals surface area (Å²) in [5.74, 6) is -0.266. The molecule has 0 aliphatic carbocycles. The lowest BCUT2D eigenvalue weighted by Gasteiger charge is -2.13. The van der Waals surface area contributed by atoms with Crippen LogP contribution in [0.4, 0.5) is 15.8 Å². The van der Waals surface area contributed by atoms with E-state index in [1.165, 1.54) is 12.1 Å². The van der Waals surface area contributed by atoms with Crippen molar-refractivity contribution in [3.05, 3.63) is 58.4 Å². The number of thiocarbonyl (C=S) groups is 1. The van der Waals surface area contributed by atoms with E-state index in [-0.39, 0.29) is 5.82 Å². The second kappa shape index (κ2) is 6.20. The first-order chi connectivity index (χ1) is 9.45. The van der Waals surface area contributed by atoms with E-state index in [9.17, 15) is 4.39 Å². The summed E-state index contributed by atoms with van der Waals surface area (Å²) in [6, 6.07) is 10.1. The Bertz CT molecular complexity index is 658. The maximum absolute atomic E-state index is 13.0. The molecule has 0 bridgehead atoms. The molecule has 2 N–H and O–H groups in total. The SMILES string of the molecule is Cc1ccc(NC(=S)Nc2ccc(F)cc2C)cc1Cl. The highest BCUT2D eigenvalue weighted by molar-refractivity contribution is 7.80. The molecule has 5 heteroatoms. The number of hydrogen-bond donors (Lipinski definition) is 2. The Hall–Kier alpha value is -1.65. The van der Waals surface area contributed by atoms with Gasteiger partial charge in [0.1, 0.15) is 5.82 Å². The fourth-order valence-electron chi connectivity index (χ4n) is 1.72. The van der Waals surface area contributed by atoms with E-state index < -0.39 is 0 Å². The van der Waals surface area contributed by atoms with Crippen molar-refractivity contribution in [2.75, 3.05) is 10.6 Å². The minimum absolute atomic E-state index is 0.266. The topological polar surface area (TPSA) is 24.1 Å². The third kappa shape index (κ3) is 3.68. The van der Waals surface area contributed by atoms with Gasteiger partial charge in [-0.05, 0) is 67.5 Å². The van der Waals surface area contributed by atoms with Gasteiger partial charge < -0.3 is 10.6 Å². The Balaban J connectivity index is 2.07. The third-order valence-corrected chi connectivity index (χ3v) is 3.48. The van der Waals surface area contributed by atoms with Crippen molar-refractivity contribution in [2.24, 2.45) is 0 Å². The van der Waals surface area contributed by atoms with Crippen LogP contribution in [0.1, 0.15) is 11.1 Å². The van der Waals surface area contributed by atoms with Gasteiger partial charge in [-0.25, -0.2) is 4.39 Å². The van der Waals surface area contributed by atoms with E-state index in [0.29, 0.717) is 10.1 Å². The summed E-state index contributed by atoms with van der Waals surface area (Å²) >= 11 is 11.3. The van der Waals surface area contributed by atoms with Gasteiger partial charge in [0.05, 0.1) is 0 Å². The lowest BCUT2D eigenvalue weighted by atomic mass is 10.2. The number of aryl methyl sites for hydroxylation is 2. The number of nitrogens with one attached hydrogen (secondary N) is 2. The average molecular weight is 309 g/mol. The Morgan fingerprint density at radius 2 is 1.80 bits per heavy atom. The molecule has 0 fully saturated rings. The molecular weight excluding hydrogens is 295 g/mol. The predicted molar refractivity (Wildman–Crippen MR) is 87.2 cm³/mol. The first-order valence-corrected chi connectivity index (χ1v) is 6.84. The maximum Gasteiger partial charge on any atom is 0.175 e. The van der Waals surface area contributed by atoms with Gasteiger partial charge in [-0.15, -0.1) is 0 Å². The minimum atomic E-state index is -0.266. The van der Waals surface area contributed by atoms with Crippen LogP contribution in [0.25, 0.3) is 0 Å². The molecule has 0 spiro atoms. The number of anilines is 2. The first-order valence-electron chi connectivity index (χ1n) is 6.06. The van der Waals surface area contributed by atoms with Crippen molar-refractivity contribution in [3.63, 3.8) is 0 Å². The van der Waals surface area contributed by atoms with Crippen LogP contribution in [-0.4, -0.2) is 5.11 Å². The summed E-state index contributed by atoms with van der Waals surface area (Å²) in [7, 11) is 0. The lowest BCUT2D eigenvalue weighted by Crippen LogP contribution is -2.19. The third-order valence-electron chi connectivity index (χ3n) is 2.87. The van der Waals surface area contributed by atoms with Crippen LogP contribution in [0.3, 0.4) is 0 Å². The van der Waals surface area contributed by atoms with Gasteiger partial charge >= 0.3 is 0 Å². The molecule has 0 aliphatic heterocycles. The summed E-state index contributed by atoms with van der Waals surface area (Å²) in [5.41, 5.74) is 3.36. The zero-order chi connectivity index (χ0) is 14.7. The average Bonchev–Trinajstić information content (AvgIpc) is 2.37. The van der Waals surface area contributed by atoms with Crippen LogP contribution in [0, 0.1) is 19.7 Å². The monoisotopic (exact) mass is 308 g/mol. The smallest absolute Gasteiger partial charge is 0.175 e. The van der Waals surface area contributed by atoms with E-state index in [1.807, 2.05) is 32.0 Å². The largest absolute Gasteiger partial charge is 0.332 e. The molecule has 0 heterocycles. The first kappa shape index (κ1) is 14.8. The highest BCUT2D eigenvalue weighted by atomic mass is 35.5. The van der Waals surface area contributed by atoms with Crippen molar-refractivity contribution >= 4 is 40.3 Å². The molecule has 20 heavy (non-hydrogen) atoms. The van der Waals surface area contributed by atoms with Gasteiger partial charge in [0.2, 0.25) is 0 Å². The number of halogens is 2. The Kier molecular flexibility index (Phi) is 4.57. The number of hydrogen-bond acceptors (Lipinski definition) is 1. The quantitative estimate of drug-likeness (QED) is 0.771. The molecule has 2 nitrogen and oxygen atoms in total. The van der Waals surface area contributed by atoms with Crippen LogP contribution in [-0.2, 0) is 0 Å². The molecular formula is C15H14ClFN2S. The van der Waals surface area contributed by atoms with Gasteiger partial charge in [0, 0.05) is 16.4 Å². The molecule has 0 radical (unpaired) electrons. The van der Waals surface area contributed by atoms with E-state index in [2.05, 4.69) is 10.6 Å². The Morgan fingerprint density at radius 1 is 1.05 bits per heavy atom. The zero-order valence-corrected chi connectivity index (χ0v) is 12.7. The molecule has 0 saturated carbocycles. The van der Waals surface area contributed by atoms with Crippen molar-refractivity contribution in [3.8, 4) is 0 Å². The Morgan fingerprint density at radius 3 is 2.45 bits per heavy atom. The molecule has 2 rings (SSSR count). The van der Waals surface area contributed by atoms with Crippen molar-refractivity contribution in [2.45, 2.75) is 13.8 Å². The molecule has 0 amide bonds. The molecule has 2 aromatic rings. The zero-order valence-electron chi connectivity index (χ0n) is 11.1. The van der Waals surface area contributed by atoms with E-state index in [4.69, 9.17) is 23.8 Å². The normalized spacial score (nSPS) is 10.2. The molecule has 0 aromatic heterocycles. The highest BCUT2D eigenvalue weighted by Crippen LogP contribution is 2.21.